The first-order valence-corrected chi connectivity index (χ1v) is 4.94. The summed E-state index contributed by atoms with van der Waals surface area (Å²) < 4.78 is 5.17. The van der Waals surface area contributed by atoms with Gasteiger partial charge in [-0.1, -0.05) is 0 Å². The number of esters is 1. The number of hydrogen-bond acceptors (Lipinski definition) is 4. The Morgan fingerprint density at radius 1 is 1.50 bits per heavy atom. The van der Waals surface area contributed by atoms with E-state index < -0.39 is 5.60 Å². The Labute approximate surface area is 85.6 Å². The summed E-state index contributed by atoms with van der Waals surface area (Å²) in [6, 6.07) is -0.319. The minimum absolute atomic E-state index is 0.133. The predicted molar refractivity (Wildman–Crippen MR) is 55.0 cm³/mol. The summed E-state index contributed by atoms with van der Waals surface area (Å²) in [7, 11) is 0. The molecule has 0 radical (unpaired) electrons. The van der Waals surface area contributed by atoms with Crippen molar-refractivity contribution in [1.82, 2.24) is 5.32 Å². The van der Waals surface area contributed by atoms with Crippen molar-refractivity contribution < 1.29 is 14.6 Å². The van der Waals surface area contributed by atoms with E-state index in [1.54, 1.807) is 6.92 Å². The van der Waals surface area contributed by atoms with E-state index in [2.05, 4.69) is 5.32 Å². The largest absolute Gasteiger partial charge is 0.459 e. The Morgan fingerprint density at radius 2 is 2.07 bits per heavy atom. The van der Waals surface area contributed by atoms with Crippen molar-refractivity contribution in [2.45, 2.75) is 45.8 Å². The second-order valence-electron chi connectivity index (χ2n) is 4.29. The first-order chi connectivity index (χ1) is 6.37. The molecular weight excluding hydrogens is 182 g/mol. The van der Waals surface area contributed by atoms with Gasteiger partial charge in [-0.15, -0.1) is 0 Å². The maximum atomic E-state index is 11.4. The molecule has 0 aromatic heterocycles. The van der Waals surface area contributed by atoms with Crippen molar-refractivity contribution in [3.05, 3.63) is 0 Å². The van der Waals surface area contributed by atoms with Gasteiger partial charge in [0.1, 0.15) is 11.6 Å². The SMILES string of the molecule is CC(NCCCO)C(=O)OC(C)(C)C. The summed E-state index contributed by atoms with van der Waals surface area (Å²) >= 11 is 0. The molecule has 1 unspecified atom stereocenters. The molecule has 4 heteroatoms. The third-order valence-corrected chi connectivity index (χ3v) is 1.55. The molecule has 0 aromatic rings. The van der Waals surface area contributed by atoms with Gasteiger partial charge >= 0.3 is 5.97 Å². The third kappa shape index (κ3) is 6.86. The second kappa shape index (κ2) is 5.98. The zero-order valence-electron chi connectivity index (χ0n) is 9.46. The highest BCUT2D eigenvalue weighted by atomic mass is 16.6. The third-order valence-electron chi connectivity index (χ3n) is 1.55. The summed E-state index contributed by atoms with van der Waals surface area (Å²) in [5.41, 5.74) is -0.440. The Hall–Kier alpha value is -0.610. The molecule has 0 aliphatic rings. The van der Waals surface area contributed by atoms with Crippen molar-refractivity contribution in [3.8, 4) is 0 Å². The molecule has 0 saturated heterocycles. The van der Waals surface area contributed by atoms with Gasteiger partial charge in [0.25, 0.3) is 0 Å². The number of aliphatic hydroxyl groups is 1. The maximum Gasteiger partial charge on any atom is 0.323 e. The van der Waals surface area contributed by atoms with Crippen LogP contribution in [-0.2, 0) is 9.53 Å². The molecule has 0 aliphatic heterocycles. The van der Waals surface area contributed by atoms with Gasteiger partial charge in [-0.2, -0.15) is 0 Å². The topological polar surface area (TPSA) is 58.6 Å². The van der Waals surface area contributed by atoms with Gasteiger partial charge in [-0.3, -0.25) is 4.79 Å². The van der Waals surface area contributed by atoms with Gasteiger partial charge in [-0.05, 0) is 40.7 Å². The van der Waals surface area contributed by atoms with Crippen LogP contribution in [-0.4, -0.2) is 35.9 Å². The quantitative estimate of drug-likeness (QED) is 0.510. The standard InChI is InChI=1S/C10H21NO3/c1-8(11-6-5-7-12)9(13)14-10(2,3)4/h8,11-12H,5-7H2,1-4H3. The molecule has 0 bridgehead atoms. The molecule has 84 valence electrons. The highest BCUT2D eigenvalue weighted by Crippen LogP contribution is 2.08. The smallest absolute Gasteiger partial charge is 0.323 e. The average Bonchev–Trinajstić information content (AvgIpc) is 2.01. The van der Waals surface area contributed by atoms with E-state index in [1.165, 1.54) is 0 Å². The first-order valence-electron chi connectivity index (χ1n) is 4.94. The molecule has 0 fully saturated rings. The van der Waals surface area contributed by atoms with E-state index in [4.69, 9.17) is 9.84 Å². The molecule has 2 N–H and O–H groups in total. The summed E-state index contributed by atoms with van der Waals surface area (Å²) in [4.78, 5) is 11.4. The molecule has 0 amide bonds. The maximum absolute atomic E-state index is 11.4. The minimum atomic E-state index is -0.440. The number of hydrogen-bond donors (Lipinski definition) is 2. The van der Waals surface area contributed by atoms with Crippen LogP contribution >= 0.6 is 0 Å². The van der Waals surface area contributed by atoms with Crippen LogP contribution < -0.4 is 5.32 Å². The van der Waals surface area contributed by atoms with Crippen LogP contribution in [0.2, 0.25) is 0 Å². The lowest BCUT2D eigenvalue weighted by Gasteiger charge is -2.22. The fourth-order valence-electron chi connectivity index (χ4n) is 0.871. The lowest BCUT2D eigenvalue weighted by Crippen LogP contribution is -2.39. The highest BCUT2D eigenvalue weighted by Gasteiger charge is 2.20. The molecule has 0 heterocycles. The van der Waals surface area contributed by atoms with E-state index in [0.29, 0.717) is 13.0 Å². The molecule has 14 heavy (non-hydrogen) atoms. The van der Waals surface area contributed by atoms with Gasteiger partial charge in [0.2, 0.25) is 0 Å². The van der Waals surface area contributed by atoms with Gasteiger partial charge in [-0.25, -0.2) is 0 Å². The fraction of sp³-hybridized carbons (Fsp3) is 0.900. The molecule has 0 aromatic carbocycles. The van der Waals surface area contributed by atoms with E-state index in [-0.39, 0.29) is 18.6 Å². The Balaban J connectivity index is 3.77. The van der Waals surface area contributed by atoms with E-state index in [9.17, 15) is 4.79 Å². The van der Waals surface area contributed by atoms with Crippen molar-refractivity contribution in [2.75, 3.05) is 13.2 Å². The van der Waals surface area contributed by atoms with E-state index >= 15 is 0 Å². The van der Waals surface area contributed by atoms with Crippen molar-refractivity contribution in [1.29, 1.82) is 0 Å². The Morgan fingerprint density at radius 3 is 2.50 bits per heavy atom. The van der Waals surface area contributed by atoms with Crippen molar-refractivity contribution in [3.63, 3.8) is 0 Å². The van der Waals surface area contributed by atoms with Crippen LogP contribution in [0.3, 0.4) is 0 Å². The molecule has 0 rings (SSSR count). The van der Waals surface area contributed by atoms with E-state index in [0.717, 1.165) is 0 Å². The lowest BCUT2D eigenvalue weighted by molar-refractivity contribution is -0.156. The average molecular weight is 203 g/mol. The Bertz CT molecular complexity index is 175. The van der Waals surface area contributed by atoms with Crippen molar-refractivity contribution >= 4 is 5.97 Å². The summed E-state index contributed by atoms with van der Waals surface area (Å²) in [6.07, 6.45) is 0.646. The lowest BCUT2D eigenvalue weighted by atomic mass is 10.2. The fourth-order valence-corrected chi connectivity index (χ4v) is 0.871. The van der Waals surface area contributed by atoms with Crippen LogP contribution in [0.4, 0.5) is 0 Å². The summed E-state index contributed by atoms with van der Waals surface area (Å²) in [5.74, 6) is -0.254. The number of carbonyl (C=O) groups excluding carboxylic acids is 1. The first kappa shape index (κ1) is 13.4. The number of rotatable bonds is 5. The van der Waals surface area contributed by atoms with Gasteiger partial charge in [0.05, 0.1) is 0 Å². The van der Waals surface area contributed by atoms with Crippen LogP contribution in [0.5, 0.6) is 0 Å². The number of ether oxygens (including phenoxy) is 1. The summed E-state index contributed by atoms with van der Waals surface area (Å²) in [6.45, 7) is 8.03. The molecular formula is C10H21NO3. The van der Waals surface area contributed by atoms with Crippen LogP contribution in [0.1, 0.15) is 34.1 Å². The van der Waals surface area contributed by atoms with Gasteiger partial charge in [0, 0.05) is 6.61 Å². The molecule has 0 aliphatic carbocycles. The zero-order chi connectivity index (χ0) is 11.2. The monoisotopic (exact) mass is 203 g/mol. The minimum Gasteiger partial charge on any atom is -0.459 e. The Kier molecular flexibility index (Phi) is 5.72. The van der Waals surface area contributed by atoms with Crippen LogP contribution in [0, 0.1) is 0 Å². The molecule has 4 nitrogen and oxygen atoms in total. The van der Waals surface area contributed by atoms with Crippen LogP contribution in [0.25, 0.3) is 0 Å². The zero-order valence-corrected chi connectivity index (χ0v) is 9.46. The molecule has 0 saturated carbocycles. The predicted octanol–water partition coefficient (Wildman–Crippen LogP) is 0.689. The highest BCUT2D eigenvalue weighted by molar-refractivity contribution is 5.75. The molecule has 0 spiro atoms. The summed E-state index contributed by atoms with van der Waals surface area (Å²) in [5, 5.41) is 11.5. The van der Waals surface area contributed by atoms with Gasteiger partial charge < -0.3 is 15.2 Å². The molecule has 1 atom stereocenters. The normalized spacial score (nSPS) is 13.8. The van der Waals surface area contributed by atoms with Gasteiger partial charge in [0.15, 0.2) is 0 Å². The number of nitrogens with one attached hydrogen (secondary N) is 1. The number of aliphatic hydroxyl groups excluding tert-OH is 1. The van der Waals surface area contributed by atoms with E-state index in [1.807, 2.05) is 20.8 Å². The van der Waals surface area contributed by atoms with Crippen molar-refractivity contribution in [2.24, 2.45) is 0 Å². The second-order valence-corrected chi connectivity index (χ2v) is 4.29. The van der Waals surface area contributed by atoms with Crippen LogP contribution in [0.15, 0.2) is 0 Å². The number of carbonyl (C=O) groups is 1.